The third-order valence-corrected chi connectivity index (χ3v) is 5.23. The maximum atomic E-state index is 11.7. The highest BCUT2D eigenvalue weighted by atomic mass is 16.5. The summed E-state index contributed by atoms with van der Waals surface area (Å²) in [7, 11) is 0. The molecule has 0 atom stereocenters. The molecule has 0 radical (unpaired) electrons. The molecule has 0 aliphatic heterocycles. The van der Waals surface area contributed by atoms with E-state index in [1.807, 2.05) is 0 Å². The van der Waals surface area contributed by atoms with Crippen molar-refractivity contribution in [1.82, 2.24) is 0 Å². The lowest BCUT2D eigenvalue weighted by Gasteiger charge is -2.09. The topological polar surface area (TPSA) is 52.6 Å². The molecule has 0 aromatic rings. The molecule has 4 heteroatoms. The SMILES string of the molecule is CCCCCCCCCCOC(=O)CCCCC(=O)OCC1CCCC1. The maximum Gasteiger partial charge on any atom is 0.305 e. The normalized spacial score (nSPS) is 14.5. The van der Waals surface area contributed by atoms with Crippen LogP contribution in [0.25, 0.3) is 0 Å². The molecule has 1 aliphatic rings. The van der Waals surface area contributed by atoms with Gasteiger partial charge in [0.05, 0.1) is 13.2 Å². The van der Waals surface area contributed by atoms with Crippen molar-refractivity contribution in [1.29, 1.82) is 0 Å². The van der Waals surface area contributed by atoms with Crippen molar-refractivity contribution in [3.05, 3.63) is 0 Å². The van der Waals surface area contributed by atoms with Gasteiger partial charge in [-0.25, -0.2) is 0 Å². The zero-order valence-electron chi connectivity index (χ0n) is 16.9. The van der Waals surface area contributed by atoms with Crippen LogP contribution in [0.4, 0.5) is 0 Å². The fourth-order valence-corrected chi connectivity index (χ4v) is 3.49. The molecule has 1 fully saturated rings. The van der Waals surface area contributed by atoms with Crippen molar-refractivity contribution in [2.24, 2.45) is 5.92 Å². The van der Waals surface area contributed by atoms with E-state index in [1.54, 1.807) is 0 Å². The van der Waals surface area contributed by atoms with Gasteiger partial charge in [0.2, 0.25) is 0 Å². The van der Waals surface area contributed by atoms with Crippen molar-refractivity contribution in [2.45, 2.75) is 110 Å². The number of ether oxygens (including phenoxy) is 2. The van der Waals surface area contributed by atoms with Gasteiger partial charge in [-0.15, -0.1) is 0 Å². The quantitative estimate of drug-likeness (QED) is 0.249. The van der Waals surface area contributed by atoms with E-state index in [0.29, 0.717) is 44.8 Å². The molecule has 0 amide bonds. The monoisotopic (exact) mass is 368 g/mol. The summed E-state index contributed by atoms with van der Waals surface area (Å²) in [5.74, 6) is 0.321. The largest absolute Gasteiger partial charge is 0.466 e. The first-order valence-electron chi connectivity index (χ1n) is 11.0. The lowest BCUT2D eigenvalue weighted by molar-refractivity contribution is -0.146. The van der Waals surface area contributed by atoms with Crippen LogP contribution in [0.15, 0.2) is 0 Å². The van der Waals surface area contributed by atoms with Crippen molar-refractivity contribution >= 4 is 11.9 Å². The van der Waals surface area contributed by atoms with Crippen LogP contribution >= 0.6 is 0 Å². The van der Waals surface area contributed by atoms with E-state index >= 15 is 0 Å². The second-order valence-corrected chi connectivity index (χ2v) is 7.74. The molecule has 152 valence electrons. The smallest absolute Gasteiger partial charge is 0.305 e. The number of rotatable bonds is 16. The molecule has 26 heavy (non-hydrogen) atoms. The van der Waals surface area contributed by atoms with E-state index in [2.05, 4.69) is 6.92 Å². The van der Waals surface area contributed by atoms with Crippen molar-refractivity contribution in [2.75, 3.05) is 13.2 Å². The Morgan fingerprint density at radius 1 is 0.731 bits per heavy atom. The summed E-state index contributed by atoms with van der Waals surface area (Å²) in [4.78, 5) is 23.3. The summed E-state index contributed by atoms with van der Waals surface area (Å²) >= 11 is 0. The van der Waals surface area contributed by atoms with Crippen LogP contribution in [0, 0.1) is 5.92 Å². The number of carbonyl (C=O) groups is 2. The second-order valence-electron chi connectivity index (χ2n) is 7.74. The van der Waals surface area contributed by atoms with Gasteiger partial charge in [0.15, 0.2) is 0 Å². The molecule has 0 aromatic heterocycles. The van der Waals surface area contributed by atoms with E-state index in [9.17, 15) is 9.59 Å². The van der Waals surface area contributed by atoms with Crippen LogP contribution in [0.5, 0.6) is 0 Å². The van der Waals surface area contributed by atoms with Crippen LogP contribution in [0.3, 0.4) is 0 Å². The first kappa shape index (κ1) is 23.0. The molecule has 0 unspecified atom stereocenters. The van der Waals surface area contributed by atoms with Crippen molar-refractivity contribution in [3.63, 3.8) is 0 Å². The second kappa shape index (κ2) is 16.1. The molecule has 0 saturated heterocycles. The molecule has 1 saturated carbocycles. The fraction of sp³-hybridized carbons (Fsp3) is 0.909. The summed E-state index contributed by atoms with van der Waals surface area (Å²) in [6.45, 7) is 3.36. The van der Waals surface area contributed by atoms with E-state index in [4.69, 9.17) is 9.47 Å². The van der Waals surface area contributed by atoms with Gasteiger partial charge in [0, 0.05) is 12.8 Å². The van der Waals surface area contributed by atoms with Crippen LogP contribution in [-0.2, 0) is 19.1 Å². The highest BCUT2D eigenvalue weighted by molar-refractivity contribution is 5.70. The van der Waals surface area contributed by atoms with Gasteiger partial charge in [-0.2, -0.15) is 0 Å². The van der Waals surface area contributed by atoms with Gasteiger partial charge in [-0.05, 0) is 38.0 Å². The van der Waals surface area contributed by atoms with Gasteiger partial charge in [-0.1, -0.05) is 64.7 Å². The van der Waals surface area contributed by atoms with Crippen LogP contribution < -0.4 is 0 Å². The summed E-state index contributed by atoms with van der Waals surface area (Å²) in [6, 6.07) is 0. The Balaban J connectivity index is 1.82. The average molecular weight is 369 g/mol. The predicted octanol–water partition coefficient (Wildman–Crippen LogP) is 5.96. The Kier molecular flexibility index (Phi) is 14.3. The Hall–Kier alpha value is -1.06. The lowest BCUT2D eigenvalue weighted by atomic mass is 10.1. The molecular weight excluding hydrogens is 328 g/mol. The molecule has 0 heterocycles. The predicted molar refractivity (Wildman–Crippen MR) is 105 cm³/mol. The fourth-order valence-electron chi connectivity index (χ4n) is 3.49. The van der Waals surface area contributed by atoms with Gasteiger partial charge < -0.3 is 9.47 Å². The Bertz CT molecular complexity index is 361. The summed E-state index contributed by atoms with van der Waals surface area (Å²) in [6.07, 6.45) is 17.1. The van der Waals surface area contributed by atoms with Crippen LogP contribution in [-0.4, -0.2) is 25.2 Å². The number of esters is 2. The zero-order valence-corrected chi connectivity index (χ0v) is 16.9. The molecule has 0 aromatic carbocycles. The number of hydrogen-bond donors (Lipinski definition) is 0. The molecule has 4 nitrogen and oxygen atoms in total. The first-order valence-corrected chi connectivity index (χ1v) is 11.0. The third-order valence-electron chi connectivity index (χ3n) is 5.23. The first-order chi connectivity index (χ1) is 12.7. The average Bonchev–Trinajstić information content (AvgIpc) is 3.16. The Labute approximate surface area is 160 Å². The van der Waals surface area contributed by atoms with Gasteiger partial charge in [0.1, 0.15) is 0 Å². The molecule has 0 bridgehead atoms. The van der Waals surface area contributed by atoms with Gasteiger partial charge >= 0.3 is 11.9 Å². The number of unbranched alkanes of at least 4 members (excludes halogenated alkanes) is 8. The van der Waals surface area contributed by atoms with Crippen LogP contribution in [0.2, 0.25) is 0 Å². The van der Waals surface area contributed by atoms with E-state index in [-0.39, 0.29) is 11.9 Å². The zero-order chi connectivity index (χ0) is 18.9. The summed E-state index contributed by atoms with van der Waals surface area (Å²) < 4.78 is 10.6. The van der Waals surface area contributed by atoms with Crippen molar-refractivity contribution < 1.29 is 19.1 Å². The summed E-state index contributed by atoms with van der Waals surface area (Å²) in [5, 5.41) is 0. The third kappa shape index (κ3) is 13.2. The van der Waals surface area contributed by atoms with Gasteiger partial charge in [-0.3, -0.25) is 9.59 Å². The Morgan fingerprint density at radius 3 is 1.88 bits per heavy atom. The molecular formula is C22H40O4. The van der Waals surface area contributed by atoms with Gasteiger partial charge in [0.25, 0.3) is 0 Å². The van der Waals surface area contributed by atoms with Crippen LogP contribution in [0.1, 0.15) is 110 Å². The molecule has 0 N–H and O–H groups in total. The standard InChI is InChI=1S/C22H40O4/c1-2-3-4-5-6-7-8-13-18-25-21(23)16-11-12-17-22(24)26-19-20-14-9-10-15-20/h20H,2-19H2,1H3. The Morgan fingerprint density at radius 2 is 1.27 bits per heavy atom. The minimum atomic E-state index is -0.132. The van der Waals surface area contributed by atoms with Crippen molar-refractivity contribution in [3.8, 4) is 0 Å². The highest BCUT2D eigenvalue weighted by Crippen LogP contribution is 2.24. The molecule has 0 spiro atoms. The molecule has 1 rings (SSSR count). The van der Waals surface area contributed by atoms with E-state index in [1.165, 1.54) is 64.2 Å². The molecule has 1 aliphatic carbocycles. The minimum absolute atomic E-state index is 0.121. The highest BCUT2D eigenvalue weighted by Gasteiger charge is 2.16. The van der Waals surface area contributed by atoms with E-state index in [0.717, 1.165) is 12.8 Å². The lowest BCUT2D eigenvalue weighted by Crippen LogP contribution is -2.12. The number of carbonyl (C=O) groups excluding carboxylic acids is 2. The minimum Gasteiger partial charge on any atom is -0.466 e. The maximum absolute atomic E-state index is 11.7. The number of hydrogen-bond acceptors (Lipinski definition) is 4. The van der Waals surface area contributed by atoms with E-state index < -0.39 is 0 Å². The summed E-state index contributed by atoms with van der Waals surface area (Å²) in [5.41, 5.74) is 0.